The summed E-state index contributed by atoms with van der Waals surface area (Å²) >= 11 is 0. The third-order valence-corrected chi connectivity index (χ3v) is 1.77. The van der Waals surface area contributed by atoms with Crippen molar-refractivity contribution in [3.8, 4) is 0 Å². The first-order valence-electron chi connectivity index (χ1n) is 4.51. The Morgan fingerprint density at radius 2 is 1.67 bits per heavy atom. The van der Waals surface area contributed by atoms with Crippen molar-refractivity contribution in [3.63, 3.8) is 0 Å². The quantitative estimate of drug-likeness (QED) is 0.735. The van der Waals surface area contributed by atoms with Crippen molar-refractivity contribution < 1.29 is 15.0 Å². The highest BCUT2D eigenvalue weighted by atomic mass is 16.4. The van der Waals surface area contributed by atoms with Crippen molar-refractivity contribution in [3.05, 3.63) is 47.5 Å². The van der Waals surface area contributed by atoms with E-state index < -0.39 is 5.97 Å². The summed E-state index contributed by atoms with van der Waals surface area (Å²) in [5.74, 6) is -0.959. The first kappa shape index (κ1) is 11.2. The number of benzene rings is 1. The minimum atomic E-state index is -0.959. The monoisotopic (exact) mass is 204 g/mol. The lowest BCUT2D eigenvalue weighted by molar-refractivity contribution is -0.131. The third-order valence-electron chi connectivity index (χ3n) is 1.77. The number of carbonyl (C=O) groups is 1. The molecular weight excluding hydrogens is 192 g/mol. The van der Waals surface area contributed by atoms with E-state index in [2.05, 4.69) is 0 Å². The zero-order valence-corrected chi connectivity index (χ0v) is 8.13. The molecule has 0 amide bonds. The van der Waals surface area contributed by atoms with Crippen LogP contribution in [0.5, 0.6) is 0 Å². The number of hydrogen-bond acceptors (Lipinski definition) is 2. The van der Waals surface area contributed by atoms with E-state index in [1.54, 1.807) is 12.2 Å². The molecule has 0 bridgehead atoms. The summed E-state index contributed by atoms with van der Waals surface area (Å²) in [4.78, 5) is 10.3. The summed E-state index contributed by atoms with van der Waals surface area (Å²) < 4.78 is 0. The zero-order chi connectivity index (χ0) is 11.1. The standard InChI is InChI=1S/C12H12O3/c13-9-1-2-10-3-5-11(6-4-10)7-8-12(14)15/h1-8,13H,9H2,(H,14,15)/b2-1?,8-7+. The van der Waals surface area contributed by atoms with Crippen LogP contribution in [0.15, 0.2) is 36.4 Å². The van der Waals surface area contributed by atoms with Gasteiger partial charge in [-0.05, 0) is 17.2 Å². The highest BCUT2D eigenvalue weighted by molar-refractivity contribution is 5.85. The van der Waals surface area contributed by atoms with Gasteiger partial charge >= 0.3 is 5.97 Å². The highest BCUT2D eigenvalue weighted by Crippen LogP contribution is 2.07. The van der Waals surface area contributed by atoms with Crippen molar-refractivity contribution in [2.45, 2.75) is 0 Å². The van der Waals surface area contributed by atoms with Crippen LogP contribution in [0.25, 0.3) is 12.2 Å². The van der Waals surface area contributed by atoms with E-state index in [9.17, 15) is 4.79 Å². The molecule has 3 nitrogen and oxygen atoms in total. The Labute approximate surface area is 88.0 Å². The van der Waals surface area contributed by atoms with Gasteiger partial charge in [-0.25, -0.2) is 4.79 Å². The van der Waals surface area contributed by atoms with Crippen LogP contribution in [0.1, 0.15) is 11.1 Å². The van der Waals surface area contributed by atoms with E-state index in [0.29, 0.717) is 0 Å². The molecule has 0 heterocycles. The number of aliphatic hydroxyl groups is 1. The molecule has 15 heavy (non-hydrogen) atoms. The minimum absolute atomic E-state index is 0.0146. The van der Waals surface area contributed by atoms with Gasteiger partial charge in [-0.1, -0.05) is 36.4 Å². The van der Waals surface area contributed by atoms with Gasteiger partial charge in [0, 0.05) is 6.08 Å². The summed E-state index contributed by atoms with van der Waals surface area (Å²) in [7, 11) is 0. The second-order valence-electron chi connectivity index (χ2n) is 2.92. The molecule has 1 rings (SSSR count). The fraction of sp³-hybridized carbons (Fsp3) is 0.0833. The Morgan fingerprint density at radius 1 is 1.13 bits per heavy atom. The van der Waals surface area contributed by atoms with Gasteiger partial charge in [-0.2, -0.15) is 0 Å². The van der Waals surface area contributed by atoms with Crippen LogP contribution in [0.3, 0.4) is 0 Å². The van der Waals surface area contributed by atoms with Crippen LogP contribution in [0.2, 0.25) is 0 Å². The summed E-state index contributed by atoms with van der Waals surface area (Å²) in [6, 6.07) is 7.34. The first-order valence-corrected chi connectivity index (χ1v) is 4.51. The summed E-state index contributed by atoms with van der Waals surface area (Å²) in [5, 5.41) is 17.0. The van der Waals surface area contributed by atoms with Gasteiger partial charge in [-0.15, -0.1) is 0 Å². The molecule has 0 aromatic heterocycles. The van der Waals surface area contributed by atoms with Crippen LogP contribution >= 0.6 is 0 Å². The van der Waals surface area contributed by atoms with E-state index in [-0.39, 0.29) is 6.61 Å². The van der Waals surface area contributed by atoms with Gasteiger partial charge in [0.05, 0.1) is 6.61 Å². The molecule has 1 aromatic rings. The molecule has 0 saturated heterocycles. The lowest BCUT2D eigenvalue weighted by Gasteiger charge is -1.95. The Kier molecular flexibility index (Phi) is 4.31. The van der Waals surface area contributed by atoms with Crippen LogP contribution < -0.4 is 0 Å². The molecule has 0 unspecified atom stereocenters. The van der Waals surface area contributed by atoms with Gasteiger partial charge in [-0.3, -0.25) is 0 Å². The van der Waals surface area contributed by atoms with Crippen LogP contribution in [-0.4, -0.2) is 22.8 Å². The van der Waals surface area contributed by atoms with E-state index in [1.165, 1.54) is 6.08 Å². The molecule has 2 N–H and O–H groups in total. The van der Waals surface area contributed by atoms with Gasteiger partial charge in [0.2, 0.25) is 0 Å². The molecule has 0 fully saturated rings. The molecular formula is C12H12O3. The Bertz CT molecular complexity index is 374. The number of aliphatic hydroxyl groups excluding tert-OH is 1. The number of hydrogen-bond donors (Lipinski definition) is 2. The molecule has 0 aliphatic heterocycles. The average Bonchev–Trinajstić information content (AvgIpc) is 2.25. The Hall–Kier alpha value is -1.87. The van der Waals surface area contributed by atoms with Crippen molar-refractivity contribution in [1.29, 1.82) is 0 Å². The fourth-order valence-corrected chi connectivity index (χ4v) is 1.07. The maximum Gasteiger partial charge on any atom is 0.328 e. The van der Waals surface area contributed by atoms with Gasteiger partial charge in [0.1, 0.15) is 0 Å². The van der Waals surface area contributed by atoms with Crippen LogP contribution in [-0.2, 0) is 4.79 Å². The first-order chi connectivity index (χ1) is 7.22. The smallest absolute Gasteiger partial charge is 0.328 e. The maximum atomic E-state index is 10.3. The number of carboxylic acid groups (broad SMARTS) is 1. The van der Waals surface area contributed by atoms with Crippen LogP contribution in [0.4, 0.5) is 0 Å². The second-order valence-corrected chi connectivity index (χ2v) is 2.92. The van der Waals surface area contributed by atoms with E-state index in [1.807, 2.05) is 24.3 Å². The molecule has 0 aliphatic rings. The fourth-order valence-electron chi connectivity index (χ4n) is 1.07. The number of aliphatic carboxylic acids is 1. The molecule has 0 saturated carbocycles. The molecule has 3 heteroatoms. The van der Waals surface area contributed by atoms with Crippen molar-refractivity contribution >= 4 is 18.1 Å². The molecule has 0 aliphatic carbocycles. The lowest BCUT2D eigenvalue weighted by Crippen LogP contribution is -1.85. The lowest BCUT2D eigenvalue weighted by atomic mass is 10.1. The van der Waals surface area contributed by atoms with Crippen LogP contribution in [0, 0.1) is 0 Å². The molecule has 0 atom stereocenters. The Balaban J connectivity index is 2.72. The van der Waals surface area contributed by atoms with Crippen molar-refractivity contribution in [1.82, 2.24) is 0 Å². The van der Waals surface area contributed by atoms with Gasteiger partial charge < -0.3 is 10.2 Å². The normalized spacial score (nSPS) is 11.3. The van der Waals surface area contributed by atoms with Gasteiger partial charge in [0.25, 0.3) is 0 Å². The minimum Gasteiger partial charge on any atom is -0.478 e. The predicted octanol–water partition coefficient (Wildman–Crippen LogP) is 1.79. The maximum absolute atomic E-state index is 10.3. The molecule has 0 radical (unpaired) electrons. The number of rotatable bonds is 4. The highest BCUT2D eigenvalue weighted by Gasteiger charge is 1.90. The average molecular weight is 204 g/mol. The number of carboxylic acids is 1. The SMILES string of the molecule is O=C(O)/C=C/c1ccc(C=CCO)cc1. The van der Waals surface area contributed by atoms with E-state index >= 15 is 0 Å². The summed E-state index contributed by atoms with van der Waals surface area (Å²) in [6.45, 7) is 0.0146. The van der Waals surface area contributed by atoms with Crippen molar-refractivity contribution in [2.24, 2.45) is 0 Å². The third kappa shape index (κ3) is 4.24. The zero-order valence-electron chi connectivity index (χ0n) is 8.13. The summed E-state index contributed by atoms with van der Waals surface area (Å²) in [5.41, 5.74) is 1.80. The largest absolute Gasteiger partial charge is 0.478 e. The van der Waals surface area contributed by atoms with E-state index in [0.717, 1.165) is 17.2 Å². The second kappa shape index (κ2) is 5.78. The molecule has 1 aromatic carbocycles. The Morgan fingerprint density at radius 3 is 2.13 bits per heavy atom. The molecule has 78 valence electrons. The van der Waals surface area contributed by atoms with Gasteiger partial charge in [0.15, 0.2) is 0 Å². The van der Waals surface area contributed by atoms with E-state index in [4.69, 9.17) is 10.2 Å². The predicted molar refractivity (Wildman–Crippen MR) is 59.2 cm³/mol. The molecule has 0 spiro atoms. The van der Waals surface area contributed by atoms with Crippen molar-refractivity contribution in [2.75, 3.05) is 6.61 Å². The summed E-state index contributed by atoms with van der Waals surface area (Å²) in [6.07, 6.45) is 6.06. The topological polar surface area (TPSA) is 57.5 Å².